The lowest BCUT2D eigenvalue weighted by Gasteiger charge is -2.01. The Labute approximate surface area is 92.9 Å². The molecule has 0 fully saturated rings. The number of H-pyrrole nitrogens is 1. The Morgan fingerprint density at radius 1 is 1.25 bits per heavy atom. The van der Waals surface area contributed by atoms with Crippen LogP contribution in [-0.4, -0.2) is 19.7 Å². The fourth-order valence-electron chi connectivity index (χ4n) is 1.95. The molecule has 0 radical (unpaired) electrons. The molecule has 2 aromatic heterocycles. The molecule has 0 unspecified atom stereocenters. The van der Waals surface area contributed by atoms with Crippen molar-refractivity contribution in [3.63, 3.8) is 0 Å². The molecule has 0 saturated heterocycles. The predicted octanol–water partition coefficient (Wildman–Crippen LogP) is 2.31. The Morgan fingerprint density at radius 3 is 2.81 bits per heavy atom. The SMILES string of the molecule is CCc1c[nH]c2ccc(-n3cnnc3)cc12. The number of aryl methyl sites for hydroxylation is 1. The van der Waals surface area contributed by atoms with Gasteiger partial charge in [-0.25, -0.2) is 0 Å². The topological polar surface area (TPSA) is 46.5 Å². The van der Waals surface area contributed by atoms with Gasteiger partial charge in [-0.05, 0) is 30.2 Å². The van der Waals surface area contributed by atoms with Gasteiger partial charge in [-0.2, -0.15) is 0 Å². The molecule has 0 atom stereocenters. The molecule has 4 heteroatoms. The molecule has 1 aromatic carbocycles. The van der Waals surface area contributed by atoms with Crippen LogP contribution in [0.3, 0.4) is 0 Å². The van der Waals surface area contributed by atoms with Crippen molar-refractivity contribution >= 4 is 10.9 Å². The van der Waals surface area contributed by atoms with Gasteiger partial charge in [-0.15, -0.1) is 10.2 Å². The van der Waals surface area contributed by atoms with Crippen LogP contribution in [0.4, 0.5) is 0 Å². The first kappa shape index (κ1) is 9.15. The van der Waals surface area contributed by atoms with Crippen molar-refractivity contribution in [2.24, 2.45) is 0 Å². The van der Waals surface area contributed by atoms with E-state index < -0.39 is 0 Å². The zero-order chi connectivity index (χ0) is 11.0. The molecule has 0 bridgehead atoms. The van der Waals surface area contributed by atoms with Crippen molar-refractivity contribution in [1.82, 2.24) is 19.7 Å². The molecule has 3 rings (SSSR count). The third-order valence-corrected chi connectivity index (χ3v) is 2.85. The van der Waals surface area contributed by atoms with Gasteiger partial charge < -0.3 is 4.98 Å². The van der Waals surface area contributed by atoms with Crippen molar-refractivity contribution in [3.8, 4) is 5.69 Å². The predicted molar refractivity (Wildman–Crippen MR) is 62.6 cm³/mol. The quantitative estimate of drug-likeness (QED) is 0.708. The van der Waals surface area contributed by atoms with E-state index in [1.807, 2.05) is 4.57 Å². The van der Waals surface area contributed by atoms with Crippen LogP contribution in [0.25, 0.3) is 16.6 Å². The van der Waals surface area contributed by atoms with Crippen LogP contribution in [0, 0.1) is 0 Å². The Kier molecular flexibility index (Phi) is 1.99. The van der Waals surface area contributed by atoms with Crippen LogP contribution in [0.2, 0.25) is 0 Å². The Balaban J connectivity index is 2.21. The number of aromatic nitrogens is 4. The van der Waals surface area contributed by atoms with Crippen molar-refractivity contribution in [2.45, 2.75) is 13.3 Å². The van der Waals surface area contributed by atoms with Crippen LogP contribution in [0.1, 0.15) is 12.5 Å². The molecule has 16 heavy (non-hydrogen) atoms. The van der Waals surface area contributed by atoms with E-state index in [2.05, 4.69) is 46.5 Å². The number of nitrogens with zero attached hydrogens (tertiary/aromatic N) is 3. The second-order valence-corrected chi connectivity index (χ2v) is 3.77. The second kappa shape index (κ2) is 3.48. The molecule has 0 aliphatic carbocycles. The largest absolute Gasteiger partial charge is 0.361 e. The average molecular weight is 212 g/mol. The highest BCUT2D eigenvalue weighted by atomic mass is 15.2. The lowest BCUT2D eigenvalue weighted by atomic mass is 10.1. The van der Waals surface area contributed by atoms with E-state index in [1.54, 1.807) is 12.7 Å². The molecule has 0 aliphatic heterocycles. The number of rotatable bonds is 2. The number of nitrogens with one attached hydrogen (secondary N) is 1. The van der Waals surface area contributed by atoms with Crippen molar-refractivity contribution in [3.05, 3.63) is 42.6 Å². The number of hydrogen-bond donors (Lipinski definition) is 1. The van der Waals surface area contributed by atoms with E-state index in [4.69, 9.17) is 0 Å². The molecule has 0 spiro atoms. The van der Waals surface area contributed by atoms with E-state index >= 15 is 0 Å². The standard InChI is InChI=1S/C12H12N4/c1-2-9-6-13-12-4-3-10(5-11(9)12)16-7-14-15-8-16/h3-8,13H,2H2,1H3. The lowest BCUT2D eigenvalue weighted by Crippen LogP contribution is -1.89. The van der Waals surface area contributed by atoms with Gasteiger partial charge in [-0.1, -0.05) is 6.92 Å². The first-order valence-corrected chi connectivity index (χ1v) is 5.33. The minimum atomic E-state index is 1.03. The van der Waals surface area contributed by atoms with Gasteiger partial charge in [0.2, 0.25) is 0 Å². The summed E-state index contributed by atoms with van der Waals surface area (Å²) in [6.07, 6.45) is 6.52. The summed E-state index contributed by atoms with van der Waals surface area (Å²) in [5, 5.41) is 8.90. The van der Waals surface area contributed by atoms with Crippen LogP contribution in [0.15, 0.2) is 37.1 Å². The molecular formula is C12H12N4. The molecule has 4 nitrogen and oxygen atoms in total. The van der Waals surface area contributed by atoms with Gasteiger partial charge in [0.1, 0.15) is 12.7 Å². The minimum absolute atomic E-state index is 1.03. The highest BCUT2D eigenvalue weighted by Gasteiger charge is 2.03. The lowest BCUT2D eigenvalue weighted by molar-refractivity contribution is 1.06. The number of hydrogen-bond acceptors (Lipinski definition) is 2. The van der Waals surface area contributed by atoms with Crippen LogP contribution in [-0.2, 0) is 6.42 Å². The summed E-state index contributed by atoms with van der Waals surface area (Å²) >= 11 is 0. The monoisotopic (exact) mass is 212 g/mol. The van der Waals surface area contributed by atoms with Gasteiger partial charge >= 0.3 is 0 Å². The van der Waals surface area contributed by atoms with Crippen LogP contribution >= 0.6 is 0 Å². The maximum absolute atomic E-state index is 3.81. The van der Waals surface area contributed by atoms with Crippen molar-refractivity contribution in [2.75, 3.05) is 0 Å². The zero-order valence-electron chi connectivity index (χ0n) is 9.01. The Morgan fingerprint density at radius 2 is 2.06 bits per heavy atom. The van der Waals surface area contributed by atoms with E-state index in [0.29, 0.717) is 0 Å². The highest BCUT2D eigenvalue weighted by Crippen LogP contribution is 2.21. The number of aromatic amines is 1. The zero-order valence-corrected chi connectivity index (χ0v) is 9.01. The summed E-state index contributed by atoms with van der Waals surface area (Å²) in [6, 6.07) is 6.31. The van der Waals surface area contributed by atoms with Crippen LogP contribution < -0.4 is 0 Å². The van der Waals surface area contributed by atoms with Crippen molar-refractivity contribution in [1.29, 1.82) is 0 Å². The smallest absolute Gasteiger partial charge is 0.123 e. The first-order chi connectivity index (χ1) is 7.88. The number of fused-ring (bicyclic) bond motifs is 1. The van der Waals surface area contributed by atoms with E-state index in [1.165, 1.54) is 16.5 Å². The maximum Gasteiger partial charge on any atom is 0.123 e. The van der Waals surface area contributed by atoms with Crippen molar-refractivity contribution < 1.29 is 0 Å². The summed E-state index contributed by atoms with van der Waals surface area (Å²) in [4.78, 5) is 3.27. The first-order valence-electron chi connectivity index (χ1n) is 5.33. The average Bonchev–Trinajstić information content (AvgIpc) is 2.97. The summed E-state index contributed by atoms with van der Waals surface area (Å²) in [6.45, 7) is 2.16. The maximum atomic E-state index is 3.81. The molecule has 80 valence electrons. The van der Waals surface area contributed by atoms with Gasteiger partial charge in [0, 0.05) is 22.8 Å². The molecule has 1 N–H and O–H groups in total. The van der Waals surface area contributed by atoms with E-state index in [0.717, 1.165) is 12.1 Å². The van der Waals surface area contributed by atoms with E-state index in [9.17, 15) is 0 Å². The summed E-state index contributed by atoms with van der Waals surface area (Å²) in [7, 11) is 0. The van der Waals surface area contributed by atoms with Gasteiger partial charge in [0.25, 0.3) is 0 Å². The molecule has 0 amide bonds. The third kappa shape index (κ3) is 1.31. The van der Waals surface area contributed by atoms with Crippen LogP contribution in [0.5, 0.6) is 0 Å². The number of benzene rings is 1. The summed E-state index contributed by atoms with van der Waals surface area (Å²) in [5.74, 6) is 0. The van der Waals surface area contributed by atoms with Gasteiger partial charge in [-0.3, -0.25) is 4.57 Å². The normalized spacial score (nSPS) is 11.1. The molecule has 2 heterocycles. The van der Waals surface area contributed by atoms with Gasteiger partial charge in [0.05, 0.1) is 0 Å². The minimum Gasteiger partial charge on any atom is -0.361 e. The summed E-state index contributed by atoms with van der Waals surface area (Å²) < 4.78 is 1.91. The molecule has 0 aliphatic rings. The Hall–Kier alpha value is -2.10. The molecular weight excluding hydrogens is 200 g/mol. The van der Waals surface area contributed by atoms with E-state index in [-0.39, 0.29) is 0 Å². The fraction of sp³-hybridized carbons (Fsp3) is 0.167. The third-order valence-electron chi connectivity index (χ3n) is 2.85. The molecule has 0 saturated carbocycles. The summed E-state index contributed by atoms with van der Waals surface area (Å²) in [5.41, 5.74) is 3.60. The highest BCUT2D eigenvalue weighted by molar-refractivity contribution is 5.85. The fourth-order valence-corrected chi connectivity index (χ4v) is 1.95. The second-order valence-electron chi connectivity index (χ2n) is 3.77. The molecule has 3 aromatic rings. The Bertz CT molecular complexity index is 607. The van der Waals surface area contributed by atoms with Gasteiger partial charge in [0.15, 0.2) is 0 Å².